The molecule has 38 heavy (non-hydrogen) atoms. The highest BCUT2D eigenvalue weighted by Crippen LogP contribution is 2.39. The topological polar surface area (TPSA) is 87.2 Å². The average molecular weight is 526 g/mol. The fourth-order valence-electron chi connectivity index (χ4n) is 4.47. The van der Waals surface area contributed by atoms with Crippen molar-refractivity contribution < 1.29 is 18.4 Å². The number of aromatic nitrogens is 2. The van der Waals surface area contributed by atoms with Crippen LogP contribution >= 0.6 is 0 Å². The van der Waals surface area contributed by atoms with E-state index in [-0.39, 0.29) is 23.9 Å². The number of nitrogens with zero attached hydrogens (tertiary/aromatic N) is 3. The molecule has 0 unspecified atom stereocenters. The zero-order chi connectivity index (χ0) is 28.8. The van der Waals surface area contributed by atoms with E-state index in [4.69, 9.17) is 9.78 Å². The van der Waals surface area contributed by atoms with Gasteiger partial charge in [-0.25, -0.2) is 28.4 Å². The Labute approximate surface area is 223 Å². The Kier molecular flexibility index (Phi) is 10.2. The number of urea groups is 1. The minimum atomic E-state index is -0.847. The molecule has 0 atom stereocenters. The van der Waals surface area contributed by atoms with Gasteiger partial charge in [0.05, 0.1) is 12.2 Å². The maximum absolute atomic E-state index is 14.7. The molecule has 7 nitrogen and oxygen atoms in total. The van der Waals surface area contributed by atoms with Crippen molar-refractivity contribution in [2.75, 3.05) is 4.90 Å². The molecule has 2 N–H and O–H groups in total. The van der Waals surface area contributed by atoms with Gasteiger partial charge in [0.25, 0.3) is 0 Å². The van der Waals surface area contributed by atoms with Crippen LogP contribution in [0.15, 0.2) is 36.4 Å². The van der Waals surface area contributed by atoms with Gasteiger partial charge in [0.15, 0.2) is 5.82 Å². The summed E-state index contributed by atoms with van der Waals surface area (Å²) in [6.07, 6.45) is 0. The average Bonchev–Trinajstić information content (AvgIpc) is 2.86. The number of carbonyl (C=O) groups is 2. The van der Waals surface area contributed by atoms with Crippen molar-refractivity contribution in [2.24, 2.45) is 0 Å². The molecule has 0 saturated heterocycles. The van der Waals surface area contributed by atoms with Gasteiger partial charge in [-0.15, -0.1) is 0 Å². The first kappa shape index (κ1) is 30.5. The highest BCUT2D eigenvalue weighted by atomic mass is 19.1. The molecule has 1 aliphatic heterocycles. The molecule has 2 heterocycles. The molecule has 1 aliphatic rings. The predicted molar refractivity (Wildman–Crippen MR) is 147 cm³/mol. The molecule has 0 fully saturated rings. The molecule has 2 aromatic carbocycles. The number of aryl methyl sites for hydroxylation is 2. The van der Waals surface area contributed by atoms with Gasteiger partial charge in [-0.2, -0.15) is 0 Å². The standard InChI is InChI=1S/C26H29F2N5O.C2H6.CH2O/c1-14(2)32-26(5,6)17-11-10-15(3)18(12-17)22-19-13-29-25(34)33(24(19)31-16(4)30-22)23-20(27)8-7-9-21(23)28;2*1-2/h7-12,14,32H,13H2,1-6H3,(H,29,34);1-2H3;1H2. The number of carbonyl (C=O) groups excluding carboxylic acids is 2. The fraction of sp³-hybridized carbons (Fsp3) is 0.379. The summed E-state index contributed by atoms with van der Waals surface area (Å²) in [6, 6.07) is 9.33. The molecule has 0 saturated carbocycles. The molecule has 204 valence electrons. The van der Waals surface area contributed by atoms with Gasteiger partial charge in [-0.05, 0) is 57.0 Å². The second-order valence-corrected chi connectivity index (χ2v) is 9.44. The lowest BCUT2D eigenvalue weighted by molar-refractivity contribution is -0.0980. The Balaban J connectivity index is 0.00000121. The second kappa shape index (κ2) is 12.7. The van der Waals surface area contributed by atoms with E-state index < -0.39 is 23.4 Å². The van der Waals surface area contributed by atoms with Crippen molar-refractivity contribution in [3.63, 3.8) is 0 Å². The molecule has 2 amide bonds. The van der Waals surface area contributed by atoms with E-state index in [0.717, 1.165) is 33.7 Å². The van der Waals surface area contributed by atoms with Gasteiger partial charge in [-0.1, -0.05) is 45.9 Å². The van der Waals surface area contributed by atoms with Gasteiger partial charge in [0.2, 0.25) is 0 Å². The predicted octanol–water partition coefficient (Wildman–Crippen LogP) is 6.47. The van der Waals surface area contributed by atoms with Crippen LogP contribution in [0, 0.1) is 25.5 Å². The van der Waals surface area contributed by atoms with Crippen molar-refractivity contribution >= 4 is 24.3 Å². The van der Waals surface area contributed by atoms with E-state index in [2.05, 4.69) is 55.4 Å². The zero-order valence-electron chi connectivity index (χ0n) is 23.4. The Bertz CT molecular complexity index is 1270. The smallest absolute Gasteiger partial charge is 0.328 e. The summed E-state index contributed by atoms with van der Waals surface area (Å²) in [5.74, 6) is -1.12. The van der Waals surface area contributed by atoms with Gasteiger partial charge in [0.1, 0.15) is 29.9 Å². The first-order chi connectivity index (χ1) is 18.0. The Morgan fingerprint density at radius 1 is 1.05 bits per heavy atom. The van der Waals surface area contributed by atoms with E-state index in [1.165, 1.54) is 6.07 Å². The lowest BCUT2D eigenvalue weighted by Gasteiger charge is -2.32. The van der Waals surface area contributed by atoms with Gasteiger partial charge in [0, 0.05) is 22.7 Å². The number of halogens is 2. The molecule has 0 radical (unpaired) electrons. The number of hydrogen-bond acceptors (Lipinski definition) is 5. The minimum absolute atomic E-state index is 0.146. The monoisotopic (exact) mass is 525 g/mol. The molecular weight excluding hydrogens is 488 g/mol. The lowest BCUT2D eigenvalue weighted by atomic mass is 9.89. The van der Waals surface area contributed by atoms with Crippen molar-refractivity contribution in [3.05, 3.63) is 70.5 Å². The third-order valence-electron chi connectivity index (χ3n) is 5.95. The van der Waals surface area contributed by atoms with Crippen LogP contribution < -0.4 is 15.5 Å². The van der Waals surface area contributed by atoms with Gasteiger partial charge in [-0.3, -0.25) is 0 Å². The number of rotatable bonds is 5. The molecule has 0 spiro atoms. The first-order valence-electron chi connectivity index (χ1n) is 12.6. The summed E-state index contributed by atoms with van der Waals surface area (Å²) in [7, 11) is 0. The summed E-state index contributed by atoms with van der Waals surface area (Å²) in [5.41, 5.74) is 3.41. The summed E-state index contributed by atoms with van der Waals surface area (Å²) in [4.78, 5) is 30.9. The van der Waals surface area contributed by atoms with Gasteiger partial charge < -0.3 is 15.4 Å². The normalized spacial score (nSPS) is 12.6. The van der Waals surface area contributed by atoms with E-state index in [1.807, 2.05) is 33.6 Å². The number of benzene rings is 2. The molecule has 1 aromatic heterocycles. The van der Waals surface area contributed by atoms with E-state index in [9.17, 15) is 13.6 Å². The molecule has 4 rings (SSSR count). The molecule has 3 aromatic rings. The SMILES string of the molecule is C=O.CC.Cc1nc(-c2cc(C(C)(C)NC(C)C)ccc2C)c2c(n1)N(c1c(F)cccc1F)C(=O)NC2. The highest BCUT2D eigenvalue weighted by Gasteiger charge is 2.34. The molecule has 0 bridgehead atoms. The van der Waals surface area contributed by atoms with Crippen LogP contribution in [0.2, 0.25) is 0 Å². The third-order valence-corrected chi connectivity index (χ3v) is 5.95. The quantitative estimate of drug-likeness (QED) is 0.398. The highest BCUT2D eigenvalue weighted by molar-refractivity contribution is 6.02. The second-order valence-electron chi connectivity index (χ2n) is 9.44. The first-order valence-corrected chi connectivity index (χ1v) is 12.6. The van der Waals surface area contributed by atoms with E-state index in [0.29, 0.717) is 17.1 Å². The number of para-hydroxylation sites is 1. The Morgan fingerprint density at radius 2 is 1.66 bits per heavy atom. The summed E-state index contributed by atoms with van der Waals surface area (Å²) in [5, 5.41) is 6.30. The maximum Gasteiger partial charge on any atom is 0.328 e. The largest absolute Gasteiger partial charge is 0.333 e. The Hall–Kier alpha value is -3.72. The lowest BCUT2D eigenvalue weighted by Crippen LogP contribution is -2.43. The van der Waals surface area contributed by atoms with Crippen molar-refractivity contribution in [1.82, 2.24) is 20.6 Å². The van der Waals surface area contributed by atoms with Crippen LogP contribution in [0.1, 0.15) is 64.1 Å². The fourth-order valence-corrected chi connectivity index (χ4v) is 4.47. The number of fused-ring (bicyclic) bond motifs is 1. The molecule has 9 heteroatoms. The van der Waals surface area contributed by atoms with Crippen LogP contribution in [-0.2, 0) is 16.9 Å². The minimum Gasteiger partial charge on any atom is -0.333 e. The zero-order valence-corrected chi connectivity index (χ0v) is 23.4. The number of hydrogen-bond donors (Lipinski definition) is 2. The molecule has 0 aliphatic carbocycles. The number of nitrogens with one attached hydrogen (secondary N) is 2. The van der Waals surface area contributed by atoms with Crippen LogP contribution in [0.25, 0.3) is 11.3 Å². The van der Waals surface area contributed by atoms with Crippen molar-refractivity contribution in [3.8, 4) is 11.3 Å². The summed E-state index contributed by atoms with van der Waals surface area (Å²) < 4.78 is 29.3. The van der Waals surface area contributed by atoms with Crippen LogP contribution in [0.4, 0.5) is 25.1 Å². The van der Waals surface area contributed by atoms with Crippen molar-refractivity contribution in [2.45, 2.75) is 73.5 Å². The van der Waals surface area contributed by atoms with Crippen LogP contribution in [-0.4, -0.2) is 28.8 Å². The van der Waals surface area contributed by atoms with Crippen LogP contribution in [0.5, 0.6) is 0 Å². The third kappa shape index (κ3) is 6.22. The van der Waals surface area contributed by atoms with E-state index in [1.54, 1.807) is 6.92 Å². The number of anilines is 2. The Morgan fingerprint density at radius 3 is 2.24 bits per heavy atom. The molecular formula is C29H37F2N5O2. The summed E-state index contributed by atoms with van der Waals surface area (Å²) >= 11 is 0. The van der Waals surface area contributed by atoms with Crippen LogP contribution in [0.3, 0.4) is 0 Å². The number of amides is 2. The van der Waals surface area contributed by atoms with E-state index >= 15 is 0 Å². The van der Waals surface area contributed by atoms with Gasteiger partial charge >= 0.3 is 6.03 Å². The maximum atomic E-state index is 14.7. The summed E-state index contributed by atoms with van der Waals surface area (Å²) in [6.45, 7) is 18.3. The van der Waals surface area contributed by atoms with Crippen molar-refractivity contribution in [1.29, 1.82) is 0 Å².